The third-order valence-corrected chi connectivity index (χ3v) is 4.58. The van der Waals surface area contributed by atoms with E-state index in [-0.39, 0.29) is 18.1 Å². The molecular formula is C19H16FN5O3. The van der Waals surface area contributed by atoms with Gasteiger partial charge in [0.15, 0.2) is 12.1 Å². The molecule has 0 aromatic heterocycles. The van der Waals surface area contributed by atoms with E-state index in [2.05, 4.69) is 15.7 Å². The number of halogens is 1. The van der Waals surface area contributed by atoms with Gasteiger partial charge in [-0.1, -0.05) is 22.9 Å². The largest absolute Gasteiger partial charge is 0.324 e. The van der Waals surface area contributed by atoms with Crippen LogP contribution in [0.3, 0.4) is 0 Å². The minimum Gasteiger partial charge on any atom is -0.324 e. The molecule has 9 heteroatoms. The van der Waals surface area contributed by atoms with Crippen LogP contribution in [0.4, 0.5) is 15.8 Å². The van der Waals surface area contributed by atoms with E-state index < -0.39 is 29.7 Å². The monoisotopic (exact) mass is 381 g/mol. The zero-order valence-electron chi connectivity index (χ0n) is 14.9. The van der Waals surface area contributed by atoms with Crippen molar-refractivity contribution in [1.29, 1.82) is 0 Å². The highest BCUT2D eigenvalue weighted by Gasteiger charge is 2.55. The predicted molar refractivity (Wildman–Crippen MR) is 97.8 cm³/mol. The van der Waals surface area contributed by atoms with Gasteiger partial charge in [0.05, 0.1) is 5.69 Å². The molecule has 2 aromatic rings. The maximum Gasteiger partial charge on any atom is 0.263 e. The van der Waals surface area contributed by atoms with Crippen LogP contribution in [0.1, 0.15) is 5.56 Å². The summed E-state index contributed by atoms with van der Waals surface area (Å²) in [6.45, 7) is 1.71. The quantitative estimate of drug-likeness (QED) is 0.821. The SMILES string of the molecule is Cc1ccc(NC(=O)CN2N=N[C@H]3C(=O)N(c4ccc(F)cc4)C(=O)[C@@H]32)cc1. The Hall–Kier alpha value is -3.62. The molecule has 0 aliphatic carbocycles. The molecule has 2 atom stereocenters. The fraction of sp³-hybridized carbons (Fsp3) is 0.211. The summed E-state index contributed by atoms with van der Waals surface area (Å²) in [4.78, 5) is 38.6. The molecule has 1 saturated heterocycles. The van der Waals surface area contributed by atoms with Gasteiger partial charge in [-0.15, -0.1) is 0 Å². The van der Waals surface area contributed by atoms with E-state index in [9.17, 15) is 18.8 Å². The first kappa shape index (κ1) is 17.8. The fourth-order valence-corrected chi connectivity index (χ4v) is 3.18. The molecule has 3 amide bonds. The Morgan fingerprint density at radius 3 is 2.43 bits per heavy atom. The number of amides is 3. The van der Waals surface area contributed by atoms with Gasteiger partial charge in [-0.05, 0) is 43.3 Å². The minimum absolute atomic E-state index is 0.227. The number of fused-ring (bicyclic) bond motifs is 1. The molecule has 8 nitrogen and oxygen atoms in total. The lowest BCUT2D eigenvalue weighted by Crippen LogP contribution is -2.43. The Bertz CT molecular complexity index is 974. The number of nitrogens with one attached hydrogen (secondary N) is 1. The first-order valence-electron chi connectivity index (χ1n) is 8.61. The van der Waals surface area contributed by atoms with Gasteiger partial charge < -0.3 is 5.32 Å². The van der Waals surface area contributed by atoms with Gasteiger partial charge in [-0.25, -0.2) is 9.29 Å². The number of carbonyl (C=O) groups is 3. The number of hydrogen-bond donors (Lipinski definition) is 1. The first-order chi connectivity index (χ1) is 13.4. The van der Waals surface area contributed by atoms with Gasteiger partial charge in [0.25, 0.3) is 11.8 Å². The summed E-state index contributed by atoms with van der Waals surface area (Å²) in [5.41, 5.74) is 1.93. The number of imide groups is 1. The summed E-state index contributed by atoms with van der Waals surface area (Å²) >= 11 is 0. The van der Waals surface area contributed by atoms with Gasteiger partial charge in [-0.3, -0.25) is 19.4 Å². The van der Waals surface area contributed by atoms with Crippen molar-refractivity contribution in [1.82, 2.24) is 5.01 Å². The van der Waals surface area contributed by atoms with Gasteiger partial charge in [-0.2, -0.15) is 5.11 Å². The second-order valence-corrected chi connectivity index (χ2v) is 6.59. The second kappa shape index (κ2) is 6.84. The third-order valence-electron chi connectivity index (χ3n) is 4.58. The van der Waals surface area contributed by atoms with Crippen LogP contribution in [0, 0.1) is 12.7 Å². The lowest BCUT2D eigenvalue weighted by molar-refractivity contribution is -0.123. The molecule has 4 rings (SSSR count). The second-order valence-electron chi connectivity index (χ2n) is 6.59. The van der Waals surface area contributed by atoms with Gasteiger partial charge >= 0.3 is 0 Å². The number of aryl methyl sites for hydroxylation is 1. The molecule has 142 valence electrons. The van der Waals surface area contributed by atoms with Gasteiger partial charge in [0.1, 0.15) is 12.4 Å². The number of carbonyl (C=O) groups excluding carboxylic acids is 3. The highest BCUT2D eigenvalue weighted by Crippen LogP contribution is 2.31. The smallest absolute Gasteiger partial charge is 0.263 e. The molecule has 0 saturated carbocycles. The lowest BCUT2D eigenvalue weighted by Gasteiger charge is -2.20. The Morgan fingerprint density at radius 2 is 1.75 bits per heavy atom. The summed E-state index contributed by atoms with van der Waals surface area (Å²) < 4.78 is 13.1. The van der Waals surface area contributed by atoms with Crippen LogP contribution in [0.2, 0.25) is 0 Å². The normalized spacial score (nSPS) is 20.6. The van der Waals surface area contributed by atoms with E-state index in [4.69, 9.17) is 0 Å². The minimum atomic E-state index is -1.01. The predicted octanol–water partition coefficient (Wildman–Crippen LogP) is 2.07. The molecule has 1 N–H and O–H groups in total. The Balaban J connectivity index is 1.48. The van der Waals surface area contributed by atoms with Crippen LogP contribution < -0.4 is 10.2 Å². The highest BCUT2D eigenvalue weighted by atomic mass is 19.1. The van der Waals surface area contributed by atoms with Crippen molar-refractivity contribution in [2.45, 2.75) is 19.0 Å². The van der Waals surface area contributed by atoms with E-state index in [0.717, 1.165) is 22.6 Å². The summed E-state index contributed by atoms with van der Waals surface area (Å²) in [5, 5.41) is 11.6. The van der Waals surface area contributed by atoms with Crippen LogP contribution in [-0.2, 0) is 14.4 Å². The molecule has 0 bridgehead atoms. The third kappa shape index (κ3) is 3.11. The van der Waals surface area contributed by atoms with E-state index >= 15 is 0 Å². The van der Waals surface area contributed by atoms with E-state index in [1.54, 1.807) is 12.1 Å². The molecular weight excluding hydrogens is 365 g/mol. The molecule has 0 unspecified atom stereocenters. The van der Waals surface area contributed by atoms with Crippen LogP contribution in [0.25, 0.3) is 0 Å². The van der Waals surface area contributed by atoms with Crippen molar-refractivity contribution in [3.63, 3.8) is 0 Å². The molecule has 1 fully saturated rings. The molecule has 28 heavy (non-hydrogen) atoms. The van der Waals surface area contributed by atoms with Crippen LogP contribution in [0.15, 0.2) is 58.9 Å². The molecule has 0 spiro atoms. The Labute approximate surface area is 159 Å². The zero-order valence-corrected chi connectivity index (χ0v) is 14.9. The van der Waals surface area contributed by atoms with Crippen LogP contribution >= 0.6 is 0 Å². The topological polar surface area (TPSA) is 94.4 Å². The van der Waals surface area contributed by atoms with Crippen LogP contribution in [-0.4, -0.2) is 41.4 Å². The molecule has 2 aromatic carbocycles. The number of anilines is 2. The number of rotatable bonds is 4. The summed E-state index contributed by atoms with van der Waals surface area (Å²) in [7, 11) is 0. The first-order valence-corrected chi connectivity index (χ1v) is 8.61. The van der Waals surface area contributed by atoms with Crippen molar-refractivity contribution in [3.8, 4) is 0 Å². The number of hydrogen-bond acceptors (Lipinski definition) is 6. The summed E-state index contributed by atoms with van der Waals surface area (Å²) in [5.74, 6) is -1.96. The van der Waals surface area contributed by atoms with Crippen molar-refractivity contribution >= 4 is 29.1 Å². The number of benzene rings is 2. The van der Waals surface area contributed by atoms with Gasteiger partial charge in [0.2, 0.25) is 5.91 Å². The highest BCUT2D eigenvalue weighted by molar-refractivity contribution is 6.25. The van der Waals surface area contributed by atoms with Gasteiger partial charge in [0, 0.05) is 5.69 Å². The molecule has 0 radical (unpaired) electrons. The van der Waals surface area contributed by atoms with Crippen molar-refractivity contribution in [2.24, 2.45) is 10.3 Å². The van der Waals surface area contributed by atoms with E-state index in [1.807, 2.05) is 19.1 Å². The fourth-order valence-electron chi connectivity index (χ4n) is 3.18. The standard InChI is InChI=1S/C19H16FN5O3/c1-11-2-6-13(7-3-11)21-15(26)10-24-17-16(22-23-24)18(27)25(19(17)28)14-8-4-12(20)5-9-14/h2-9,16-17H,10H2,1H3,(H,21,26)/t16-,17-/m1/s1. The average Bonchev–Trinajstić information content (AvgIpc) is 3.18. The van der Waals surface area contributed by atoms with Crippen molar-refractivity contribution in [3.05, 3.63) is 59.9 Å². The lowest BCUT2D eigenvalue weighted by atomic mass is 10.1. The molecule has 2 heterocycles. The van der Waals surface area contributed by atoms with Crippen molar-refractivity contribution < 1.29 is 18.8 Å². The summed E-state index contributed by atoms with van der Waals surface area (Å²) in [6.07, 6.45) is 0. The Morgan fingerprint density at radius 1 is 1.07 bits per heavy atom. The van der Waals surface area contributed by atoms with E-state index in [1.165, 1.54) is 17.1 Å². The summed E-state index contributed by atoms with van der Waals surface area (Å²) in [6, 6.07) is 10.3. The maximum atomic E-state index is 13.1. The molecule has 2 aliphatic rings. The average molecular weight is 381 g/mol. The van der Waals surface area contributed by atoms with Crippen LogP contribution in [0.5, 0.6) is 0 Å². The van der Waals surface area contributed by atoms with Crippen molar-refractivity contribution in [2.75, 3.05) is 16.8 Å². The molecule has 2 aliphatic heterocycles. The maximum absolute atomic E-state index is 13.1. The number of nitrogens with zero attached hydrogens (tertiary/aromatic N) is 4. The Kier molecular flexibility index (Phi) is 4.34. The zero-order chi connectivity index (χ0) is 19.8. The van der Waals surface area contributed by atoms with E-state index in [0.29, 0.717) is 5.69 Å².